The molecule has 2 aromatic rings. The van der Waals surface area contributed by atoms with Crippen LogP contribution < -0.4 is 16.2 Å². The number of benzene rings is 1. The molecule has 0 spiro atoms. The van der Waals surface area contributed by atoms with E-state index in [4.69, 9.17) is 16.2 Å². The molecule has 1 aromatic carbocycles. The van der Waals surface area contributed by atoms with E-state index in [-0.39, 0.29) is 5.78 Å². The number of hydrogen-bond donors (Lipinski definition) is 2. The number of ketones is 1. The zero-order valence-corrected chi connectivity index (χ0v) is 13.3. The smallest absolute Gasteiger partial charge is 0.191 e. The zero-order chi connectivity index (χ0) is 16.1. The average Bonchev–Trinajstić information content (AvgIpc) is 2.45. The fraction of sp³-hybridized carbons (Fsp3) is 0.267. The first kappa shape index (κ1) is 16.1. The first-order chi connectivity index (χ1) is 10.5. The summed E-state index contributed by atoms with van der Waals surface area (Å²) < 4.78 is 5.59. The second kappa shape index (κ2) is 7.13. The van der Waals surface area contributed by atoms with Crippen LogP contribution in [0.4, 0.5) is 11.6 Å². The van der Waals surface area contributed by atoms with Gasteiger partial charge in [0.15, 0.2) is 10.9 Å². The molecule has 0 aliphatic heterocycles. The fourth-order valence-electron chi connectivity index (χ4n) is 1.88. The van der Waals surface area contributed by atoms with Crippen molar-refractivity contribution in [2.75, 3.05) is 18.1 Å². The number of thioether (sulfide) groups is 1. The van der Waals surface area contributed by atoms with Crippen molar-refractivity contribution in [2.45, 2.75) is 24.8 Å². The van der Waals surface area contributed by atoms with Crippen molar-refractivity contribution in [3.8, 4) is 5.75 Å². The molecule has 0 unspecified atom stereocenters. The highest BCUT2D eigenvalue weighted by Crippen LogP contribution is 2.28. The molecule has 0 fully saturated rings. The van der Waals surface area contributed by atoms with E-state index >= 15 is 0 Å². The lowest BCUT2D eigenvalue weighted by Crippen LogP contribution is -2.01. The summed E-state index contributed by atoms with van der Waals surface area (Å²) in [7, 11) is 0. The van der Waals surface area contributed by atoms with Crippen LogP contribution in [0.2, 0.25) is 0 Å². The molecule has 0 aliphatic carbocycles. The SMILES string of the molecule is CCOc1ccc(C(C)=O)cc1CSc1nc(N)cc(N)n1. The minimum atomic E-state index is 0.0127. The summed E-state index contributed by atoms with van der Waals surface area (Å²) in [6, 6.07) is 6.91. The van der Waals surface area contributed by atoms with E-state index in [1.165, 1.54) is 24.8 Å². The van der Waals surface area contributed by atoms with Gasteiger partial charge in [-0.15, -0.1) is 0 Å². The molecule has 0 aliphatic rings. The summed E-state index contributed by atoms with van der Waals surface area (Å²) in [5.41, 5.74) is 12.9. The van der Waals surface area contributed by atoms with Crippen molar-refractivity contribution >= 4 is 29.2 Å². The lowest BCUT2D eigenvalue weighted by molar-refractivity contribution is 0.101. The maximum atomic E-state index is 11.5. The Morgan fingerprint density at radius 3 is 2.50 bits per heavy atom. The largest absolute Gasteiger partial charge is 0.494 e. The summed E-state index contributed by atoms with van der Waals surface area (Å²) >= 11 is 1.39. The number of nitrogens with two attached hydrogens (primary N) is 2. The number of hydrogen-bond acceptors (Lipinski definition) is 7. The fourth-order valence-corrected chi connectivity index (χ4v) is 2.73. The molecule has 0 radical (unpaired) electrons. The van der Waals surface area contributed by atoms with Crippen LogP contribution in [0, 0.1) is 0 Å². The lowest BCUT2D eigenvalue weighted by Gasteiger charge is -2.11. The van der Waals surface area contributed by atoms with Crippen LogP contribution in [-0.2, 0) is 5.75 Å². The van der Waals surface area contributed by atoms with Gasteiger partial charge in [-0.05, 0) is 32.0 Å². The van der Waals surface area contributed by atoms with E-state index < -0.39 is 0 Å². The summed E-state index contributed by atoms with van der Waals surface area (Å²) in [5.74, 6) is 1.98. The van der Waals surface area contributed by atoms with Gasteiger partial charge in [-0.2, -0.15) is 0 Å². The number of anilines is 2. The molecule has 0 atom stereocenters. The Morgan fingerprint density at radius 1 is 1.23 bits per heavy atom. The summed E-state index contributed by atoms with van der Waals surface area (Å²) in [6.07, 6.45) is 0. The van der Waals surface area contributed by atoms with Gasteiger partial charge >= 0.3 is 0 Å². The average molecular weight is 318 g/mol. The number of ether oxygens (including phenoxy) is 1. The molecule has 7 heteroatoms. The minimum Gasteiger partial charge on any atom is -0.494 e. The first-order valence-corrected chi connectivity index (χ1v) is 7.77. The van der Waals surface area contributed by atoms with E-state index in [0.29, 0.717) is 34.7 Å². The molecule has 22 heavy (non-hydrogen) atoms. The minimum absolute atomic E-state index is 0.0127. The third-order valence-electron chi connectivity index (χ3n) is 2.87. The Hall–Kier alpha value is -2.28. The van der Waals surface area contributed by atoms with Crippen LogP contribution in [0.25, 0.3) is 0 Å². The van der Waals surface area contributed by atoms with E-state index in [1.54, 1.807) is 6.07 Å². The Kier molecular flexibility index (Phi) is 5.21. The third-order valence-corrected chi connectivity index (χ3v) is 3.76. The number of nitrogens with zero attached hydrogens (tertiary/aromatic N) is 2. The molecular weight excluding hydrogens is 300 g/mol. The molecule has 0 bridgehead atoms. The van der Waals surface area contributed by atoms with Crippen LogP contribution in [-0.4, -0.2) is 22.4 Å². The number of nitrogen functional groups attached to an aromatic ring is 2. The van der Waals surface area contributed by atoms with Gasteiger partial charge in [0.1, 0.15) is 17.4 Å². The number of rotatable bonds is 6. The van der Waals surface area contributed by atoms with Gasteiger partial charge in [0, 0.05) is 22.9 Å². The molecule has 0 saturated heterocycles. The van der Waals surface area contributed by atoms with Crippen molar-refractivity contribution in [3.05, 3.63) is 35.4 Å². The number of Topliss-reactive ketones (excluding diaryl/α,β-unsaturated/α-hetero) is 1. The van der Waals surface area contributed by atoms with Crippen molar-refractivity contribution < 1.29 is 9.53 Å². The number of aromatic nitrogens is 2. The van der Waals surface area contributed by atoms with E-state index in [1.807, 2.05) is 19.1 Å². The van der Waals surface area contributed by atoms with Crippen molar-refractivity contribution in [3.63, 3.8) is 0 Å². The summed E-state index contributed by atoms with van der Waals surface area (Å²) in [6.45, 7) is 4.00. The van der Waals surface area contributed by atoms with E-state index in [0.717, 1.165) is 11.3 Å². The van der Waals surface area contributed by atoms with Crippen LogP contribution in [0.3, 0.4) is 0 Å². The molecular formula is C15H18N4O2S. The molecule has 0 saturated carbocycles. The number of carbonyl (C=O) groups excluding carboxylic acids is 1. The van der Waals surface area contributed by atoms with Gasteiger partial charge in [0.2, 0.25) is 0 Å². The Labute approximate surface area is 133 Å². The van der Waals surface area contributed by atoms with Gasteiger partial charge in [-0.3, -0.25) is 4.79 Å². The third kappa shape index (κ3) is 4.11. The molecule has 0 amide bonds. The predicted molar refractivity (Wildman–Crippen MR) is 88.0 cm³/mol. The monoisotopic (exact) mass is 318 g/mol. The molecule has 1 heterocycles. The van der Waals surface area contributed by atoms with Crippen molar-refractivity contribution in [1.29, 1.82) is 0 Å². The Bertz CT molecular complexity index is 671. The predicted octanol–water partition coefficient (Wildman–Crippen LogP) is 2.53. The normalized spacial score (nSPS) is 10.5. The van der Waals surface area contributed by atoms with Crippen molar-refractivity contribution in [1.82, 2.24) is 9.97 Å². The quantitative estimate of drug-likeness (QED) is 0.479. The maximum absolute atomic E-state index is 11.5. The van der Waals surface area contributed by atoms with Gasteiger partial charge in [0.05, 0.1) is 6.61 Å². The molecule has 4 N–H and O–H groups in total. The second-order valence-corrected chi connectivity index (χ2v) is 5.54. The highest BCUT2D eigenvalue weighted by molar-refractivity contribution is 7.98. The van der Waals surface area contributed by atoms with E-state index in [9.17, 15) is 4.79 Å². The highest BCUT2D eigenvalue weighted by Gasteiger charge is 2.10. The second-order valence-electron chi connectivity index (χ2n) is 4.60. The number of carbonyl (C=O) groups is 1. The Balaban J connectivity index is 2.22. The van der Waals surface area contributed by atoms with E-state index in [2.05, 4.69) is 9.97 Å². The van der Waals surface area contributed by atoms with Crippen LogP contribution in [0.15, 0.2) is 29.4 Å². The molecule has 116 valence electrons. The van der Waals surface area contributed by atoms with Crippen molar-refractivity contribution in [2.24, 2.45) is 0 Å². The van der Waals surface area contributed by atoms with Crippen LogP contribution in [0.1, 0.15) is 29.8 Å². The first-order valence-electron chi connectivity index (χ1n) is 6.79. The zero-order valence-electron chi connectivity index (χ0n) is 12.5. The van der Waals surface area contributed by atoms with Gasteiger partial charge < -0.3 is 16.2 Å². The van der Waals surface area contributed by atoms with Gasteiger partial charge in [-0.1, -0.05) is 11.8 Å². The van der Waals surface area contributed by atoms with Crippen LogP contribution >= 0.6 is 11.8 Å². The highest BCUT2D eigenvalue weighted by atomic mass is 32.2. The molecule has 1 aromatic heterocycles. The maximum Gasteiger partial charge on any atom is 0.191 e. The van der Waals surface area contributed by atoms with Gasteiger partial charge in [-0.25, -0.2) is 9.97 Å². The Morgan fingerprint density at radius 2 is 1.91 bits per heavy atom. The topological polar surface area (TPSA) is 104 Å². The van der Waals surface area contributed by atoms with Gasteiger partial charge in [0.25, 0.3) is 0 Å². The van der Waals surface area contributed by atoms with Crippen LogP contribution in [0.5, 0.6) is 5.75 Å². The molecule has 6 nitrogen and oxygen atoms in total. The molecule has 2 rings (SSSR count). The standard InChI is InChI=1S/C15H18N4O2S/c1-3-21-12-5-4-10(9(2)20)6-11(12)8-22-15-18-13(16)7-14(17)19-15/h4-7H,3,8H2,1-2H3,(H4,16,17,18,19). The summed E-state index contributed by atoms with van der Waals surface area (Å²) in [5, 5.41) is 0.494. The lowest BCUT2D eigenvalue weighted by atomic mass is 10.1. The summed E-state index contributed by atoms with van der Waals surface area (Å²) in [4.78, 5) is 19.8.